The molecule has 1 N–H and O–H groups in total. The van der Waals surface area contributed by atoms with Crippen LogP contribution in [0, 0.1) is 0 Å². The van der Waals surface area contributed by atoms with Gasteiger partial charge in [0.2, 0.25) is 0 Å². The second kappa shape index (κ2) is 6.64. The highest BCUT2D eigenvalue weighted by Crippen LogP contribution is 2.38. The van der Waals surface area contributed by atoms with Crippen molar-refractivity contribution >= 4 is 11.8 Å². The number of ether oxygens (including phenoxy) is 1. The van der Waals surface area contributed by atoms with Crippen molar-refractivity contribution in [3.8, 4) is 5.75 Å². The summed E-state index contributed by atoms with van der Waals surface area (Å²) in [6.07, 6.45) is 0.294. The quantitative estimate of drug-likeness (QED) is 0.882. The van der Waals surface area contributed by atoms with Crippen LogP contribution in [-0.4, -0.2) is 12.2 Å². The monoisotopic (exact) mass is 274 g/mol. The molecule has 2 rings (SSSR count). The van der Waals surface area contributed by atoms with Crippen LogP contribution >= 0.6 is 11.8 Å². The lowest BCUT2D eigenvalue weighted by atomic mass is 10.1. The first-order chi connectivity index (χ1) is 9.26. The van der Waals surface area contributed by atoms with E-state index < -0.39 is 6.10 Å². The minimum Gasteiger partial charge on any atom is -0.496 e. The van der Waals surface area contributed by atoms with Gasteiger partial charge in [-0.2, -0.15) is 0 Å². The molecule has 100 valence electrons. The molecule has 19 heavy (non-hydrogen) atoms. The van der Waals surface area contributed by atoms with Crippen LogP contribution in [0.3, 0.4) is 0 Å². The van der Waals surface area contributed by atoms with E-state index in [4.69, 9.17) is 4.74 Å². The fourth-order valence-corrected chi connectivity index (χ4v) is 2.99. The molecule has 0 aliphatic carbocycles. The zero-order chi connectivity index (χ0) is 13.7. The number of rotatable bonds is 5. The number of benzene rings is 2. The Labute approximate surface area is 118 Å². The SMILES string of the molecule is CC[C@@H](O)c1ccccc1Sc1ccccc1OC. The van der Waals surface area contributed by atoms with Gasteiger partial charge in [-0.05, 0) is 30.2 Å². The summed E-state index contributed by atoms with van der Waals surface area (Å²) in [5.41, 5.74) is 0.973. The number of aliphatic hydroxyl groups is 1. The number of hydrogen-bond acceptors (Lipinski definition) is 3. The zero-order valence-corrected chi connectivity index (χ0v) is 12.0. The summed E-state index contributed by atoms with van der Waals surface area (Å²) in [6.45, 7) is 1.98. The normalized spacial score (nSPS) is 12.2. The van der Waals surface area contributed by atoms with Crippen LogP contribution < -0.4 is 4.74 Å². The standard InChI is InChI=1S/C16H18O2S/c1-3-13(17)12-8-4-6-10-15(12)19-16-11-7-5-9-14(16)18-2/h4-11,13,17H,3H2,1-2H3/t13-/m1/s1. The second-order valence-electron chi connectivity index (χ2n) is 4.21. The maximum absolute atomic E-state index is 10.1. The minimum atomic E-state index is -0.418. The molecular formula is C16H18O2S. The highest BCUT2D eigenvalue weighted by Gasteiger charge is 2.12. The van der Waals surface area contributed by atoms with Crippen LogP contribution in [0.25, 0.3) is 0 Å². The predicted octanol–water partition coefficient (Wildman–Crippen LogP) is 4.29. The van der Waals surface area contributed by atoms with E-state index in [2.05, 4.69) is 0 Å². The maximum atomic E-state index is 10.1. The van der Waals surface area contributed by atoms with Crippen molar-refractivity contribution in [2.24, 2.45) is 0 Å². The summed E-state index contributed by atoms with van der Waals surface area (Å²) in [6, 6.07) is 15.9. The van der Waals surface area contributed by atoms with Crippen LogP contribution in [0.2, 0.25) is 0 Å². The molecule has 0 heterocycles. The average molecular weight is 274 g/mol. The molecule has 2 aromatic rings. The summed E-state index contributed by atoms with van der Waals surface area (Å²) in [5, 5.41) is 10.1. The second-order valence-corrected chi connectivity index (χ2v) is 5.30. The van der Waals surface area contributed by atoms with Crippen LogP contribution in [-0.2, 0) is 0 Å². The minimum absolute atomic E-state index is 0.418. The lowest BCUT2D eigenvalue weighted by molar-refractivity contribution is 0.171. The summed E-state index contributed by atoms with van der Waals surface area (Å²) in [7, 11) is 1.67. The van der Waals surface area contributed by atoms with E-state index in [-0.39, 0.29) is 0 Å². The predicted molar refractivity (Wildman–Crippen MR) is 78.8 cm³/mol. The molecule has 1 atom stereocenters. The summed E-state index contributed by atoms with van der Waals surface area (Å²) < 4.78 is 5.36. The Bertz CT molecular complexity index is 540. The molecule has 0 fully saturated rings. The van der Waals surface area contributed by atoms with Crippen molar-refractivity contribution < 1.29 is 9.84 Å². The Balaban J connectivity index is 2.33. The summed E-state index contributed by atoms with van der Waals surface area (Å²) >= 11 is 1.62. The van der Waals surface area contributed by atoms with Gasteiger partial charge in [0.1, 0.15) is 5.75 Å². The zero-order valence-electron chi connectivity index (χ0n) is 11.2. The van der Waals surface area contributed by atoms with Gasteiger partial charge in [0, 0.05) is 4.90 Å². The molecule has 0 radical (unpaired) electrons. The van der Waals surface area contributed by atoms with E-state index in [1.54, 1.807) is 18.9 Å². The Morgan fingerprint density at radius 1 is 1.05 bits per heavy atom. The van der Waals surface area contributed by atoms with Gasteiger partial charge in [0.05, 0.1) is 18.1 Å². The van der Waals surface area contributed by atoms with E-state index >= 15 is 0 Å². The fraction of sp³-hybridized carbons (Fsp3) is 0.250. The Morgan fingerprint density at radius 2 is 1.68 bits per heavy atom. The number of aliphatic hydroxyl groups excluding tert-OH is 1. The number of hydrogen-bond donors (Lipinski definition) is 1. The Kier molecular flexibility index (Phi) is 4.88. The molecule has 3 heteroatoms. The van der Waals surface area contributed by atoms with Gasteiger partial charge in [-0.25, -0.2) is 0 Å². The van der Waals surface area contributed by atoms with E-state index in [0.717, 1.165) is 21.1 Å². The van der Waals surface area contributed by atoms with Gasteiger partial charge in [-0.1, -0.05) is 49.0 Å². The lowest BCUT2D eigenvalue weighted by Gasteiger charge is -2.14. The number of para-hydroxylation sites is 1. The molecule has 0 amide bonds. The smallest absolute Gasteiger partial charge is 0.132 e. The van der Waals surface area contributed by atoms with Gasteiger partial charge in [-0.3, -0.25) is 0 Å². The van der Waals surface area contributed by atoms with E-state index in [9.17, 15) is 5.11 Å². The van der Waals surface area contributed by atoms with Gasteiger partial charge in [-0.15, -0.1) is 0 Å². The van der Waals surface area contributed by atoms with Crippen molar-refractivity contribution in [3.05, 3.63) is 54.1 Å². The van der Waals surface area contributed by atoms with Gasteiger partial charge >= 0.3 is 0 Å². The van der Waals surface area contributed by atoms with E-state index in [1.807, 2.05) is 55.5 Å². The van der Waals surface area contributed by atoms with Crippen molar-refractivity contribution in [2.75, 3.05) is 7.11 Å². The summed E-state index contributed by atoms with van der Waals surface area (Å²) in [5.74, 6) is 0.855. The molecule has 0 aliphatic rings. The fourth-order valence-electron chi connectivity index (χ4n) is 1.89. The molecular weight excluding hydrogens is 256 g/mol. The first-order valence-electron chi connectivity index (χ1n) is 6.34. The lowest BCUT2D eigenvalue weighted by Crippen LogP contribution is -1.97. The van der Waals surface area contributed by atoms with Crippen molar-refractivity contribution in [3.63, 3.8) is 0 Å². The maximum Gasteiger partial charge on any atom is 0.132 e. The molecule has 2 nitrogen and oxygen atoms in total. The van der Waals surface area contributed by atoms with Crippen LogP contribution in [0.5, 0.6) is 5.75 Å². The molecule has 2 aromatic carbocycles. The number of methoxy groups -OCH3 is 1. The first kappa shape index (κ1) is 14.0. The van der Waals surface area contributed by atoms with Gasteiger partial charge < -0.3 is 9.84 Å². The van der Waals surface area contributed by atoms with Crippen LogP contribution in [0.15, 0.2) is 58.3 Å². The van der Waals surface area contributed by atoms with Crippen LogP contribution in [0.1, 0.15) is 25.0 Å². The first-order valence-corrected chi connectivity index (χ1v) is 7.15. The molecule has 0 aliphatic heterocycles. The molecule has 0 bridgehead atoms. The summed E-state index contributed by atoms with van der Waals surface area (Å²) in [4.78, 5) is 2.13. The van der Waals surface area contributed by atoms with Crippen molar-refractivity contribution in [1.29, 1.82) is 0 Å². The van der Waals surface area contributed by atoms with Crippen molar-refractivity contribution in [1.82, 2.24) is 0 Å². The topological polar surface area (TPSA) is 29.5 Å². The average Bonchev–Trinajstić information content (AvgIpc) is 2.47. The van der Waals surface area contributed by atoms with Crippen LogP contribution in [0.4, 0.5) is 0 Å². The molecule has 0 spiro atoms. The third kappa shape index (κ3) is 3.31. The highest BCUT2D eigenvalue weighted by atomic mass is 32.2. The third-order valence-corrected chi connectivity index (χ3v) is 4.10. The van der Waals surface area contributed by atoms with Crippen molar-refractivity contribution in [2.45, 2.75) is 29.2 Å². The highest BCUT2D eigenvalue weighted by molar-refractivity contribution is 7.99. The molecule has 0 saturated carbocycles. The van der Waals surface area contributed by atoms with Gasteiger partial charge in [0.25, 0.3) is 0 Å². The molecule has 0 aromatic heterocycles. The third-order valence-electron chi connectivity index (χ3n) is 2.95. The Hall–Kier alpha value is -1.45. The Morgan fingerprint density at radius 3 is 2.37 bits per heavy atom. The largest absolute Gasteiger partial charge is 0.496 e. The molecule has 0 saturated heterocycles. The molecule has 0 unspecified atom stereocenters. The van der Waals surface area contributed by atoms with E-state index in [0.29, 0.717) is 6.42 Å². The van der Waals surface area contributed by atoms with Gasteiger partial charge in [0.15, 0.2) is 0 Å². The van der Waals surface area contributed by atoms with E-state index in [1.165, 1.54) is 0 Å².